The van der Waals surface area contributed by atoms with Gasteiger partial charge in [-0.05, 0) is 31.2 Å². The second-order valence-electron chi connectivity index (χ2n) is 6.14. The zero-order valence-corrected chi connectivity index (χ0v) is 12.8. The van der Waals surface area contributed by atoms with E-state index in [9.17, 15) is 4.79 Å². The van der Waals surface area contributed by atoms with E-state index >= 15 is 0 Å². The number of benzene rings is 1. The first-order valence-electron chi connectivity index (χ1n) is 7.76. The van der Waals surface area contributed by atoms with E-state index < -0.39 is 6.03 Å². The van der Waals surface area contributed by atoms with Gasteiger partial charge in [0.1, 0.15) is 0 Å². The van der Waals surface area contributed by atoms with E-state index in [1.807, 2.05) is 6.07 Å². The largest absolute Gasteiger partial charge is 0.350 e. The number of amides is 2. The number of hydrogen-bond acceptors (Lipinski definition) is 2. The van der Waals surface area contributed by atoms with Crippen LogP contribution in [0, 0.1) is 5.41 Å². The summed E-state index contributed by atoms with van der Waals surface area (Å²) in [7, 11) is 0. The molecule has 21 heavy (non-hydrogen) atoms. The number of urea groups is 1. The SMILES string of the molecule is CC1(C(CCc2ccccc2)=NNC(N)=O)CCCCC1. The minimum absolute atomic E-state index is 0.0927. The monoisotopic (exact) mass is 287 g/mol. The zero-order chi connectivity index (χ0) is 15.1. The molecule has 0 unspecified atom stereocenters. The third-order valence-electron chi connectivity index (χ3n) is 4.45. The second kappa shape index (κ2) is 7.25. The van der Waals surface area contributed by atoms with Gasteiger partial charge in [-0.2, -0.15) is 5.10 Å². The molecule has 0 radical (unpaired) electrons. The van der Waals surface area contributed by atoms with E-state index in [-0.39, 0.29) is 5.41 Å². The zero-order valence-electron chi connectivity index (χ0n) is 12.8. The van der Waals surface area contributed by atoms with Crippen LogP contribution in [0.15, 0.2) is 35.4 Å². The van der Waals surface area contributed by atoms with Gasteiger partial charge in [-0.25, -0.2) is 10.2 Å². The van der Waals surface area contributed by atoms with Crippen molar-refractivity contribution < 1.29 is 4.79 Å². The van der Waals surface area contributed by atoms with Crippen molar-refractivity contribution in [2.45, 2.75) is 51.9 Å². The fourth-order valence-corrected chi connectivity index (χ4v) is 3.14. The maximum absolute atomic E-state index is 11.0. The second-order valence-corrected chi connectivity index (χ2v) is 6.14. The number of carbonyl (C=O) groups excluding carboxylic acids is 1. The van der Waals surface area contributed by atoms with Crippen LogP contribution in [-0.4, -0.2) is 11.7 Å². The number of carbonyl (C=O) groups is 1. The normalized spacial score (nSPS) is 18.2. The molecule has 1 saturated carbocycles. The summed E-state index contributed by atoms with van der Waals surface area (Å²) in [6.07, 6.45) is 7.85. The van der Waals surface area contributed by atoms with Gasteiger partial charge in [0.05, 0.1) is 0 Å². The molecule has 0 spiro atoms. The number of rotatable bonds is 5. The molecule has 0 aromatic heterocycles. The van der Waals surface area contributed by atoms with Crippen molar-refractivity contribution in [3.63, 3.8) is 0 Å². The number of nitrogens with zero attached hydrogens (tertiary/aromatic N) is 1. The topological polar surface area (TPSA) is 67.5 Å². The van der Waals surface area contributed by atoms with Crippen LogP contribution < -0.4 is 11.2 Å². The summed E-state index contributed by atoms with van der Waals surface area (Å²) in [5.41, 5.74) is 10.1. The average Bonchev–Trinajstić information content (AvgIpc) is 2.48. The molecule has 2 amide bonds. The Bertz CT molecular complexity index is 490. The summed E-state index contributed by atoms with van der Waals surface area (Å²) < 4.78 is 0. The van der Waals surface area contributed by atoms with E-state index in [1.165, 1.54) is 24.8 Å². The van der Waals surface area contributed by atoms with Gasteiger partial charge in [-0.3, -0.25) is 0 Å². The van der Waals surface area contributed by atoms with Crippen LogP contribution in [0.1, 0.15) is 51.0 Å². The van der Waals surface area contributed by atoms with Crippen LogP contribution in [0.3, 0.4) is 0 Å². The first-order valence-corrected chi connectivity index (χ1v) is 7.76. The van der Waals surface area contributed by atoms with Crippen LogP contribution in [0.2, 0.25) is 0 Å². The molecule has 0 heterocycles. The fraction of sp³-hybridized carbons (Fsp3) is 0.529. The third-order valence-corrected chi connectivity index (χ3v) is 4.45. The lowest BCUT2D eigenvalue weighted by Gasteiger charge is -2.35. The van der Waals surface area contributed by atoms with Crippen LogP contribution in [0.4, 0.5) is 4.79 Å². The van der Waals surface area contributed by atoms with Crippen molar-refractivity contribution in [1.82, 2.24) is 5.43 Å². The maximum Gasteiger partial charge on any atom is 0.332 e. The Morgan fingerprint density at radius 3 is 2.52 bits per heavy atom. The minimum Gasteiger partial charge on any atom is -0.350 e. The van der Waals surface area contributed by atoms with E-state index in [1.54, 1.807) is 0 Å². The van der Waals surface area contributed by atoms with Crippen molar-refractivity contribution in [3.8, 4) is 0 Å². The molecule has 0 bridgehead atoms. The van der Waals surface area contributed by atoms with Gasteiger partial charge < -0.3 is 5.73 Å². The molecule has 3 N–H and O–H groups in total. The fourth-order valence-electron chi connectivity index (χ4n) is 3.14. The summed E-state index contributed by atoms with van der Waals surface area (Å²) in [6.45, 7) is 2.26. The molecule has 4 heteroatoms. The van der Waals surface area contributed by atoms with Gasteiger partial charge in [-0.15, -0.1) is 0 Å². The smallest absolute Gasteiger partial charge is 0.332 e. The highest BCUT2D eigenvalue weighted by atomic mass is 16.2. The lowest BCUT2D eigenvalue weighted by molar-refractivity contribution is 0.249. The van der Waals surface area contributed by atoms with E-state index in [4.69, 9.17) is 5.73 Å². The van der Waals surface area contributed by atoms with Gasteiger partial charge in [0.2, 0.25) is 0 Å². The molecule has 0 saturated heterocycles. The molecule has 0 aliphatic heterocycles. The van der Waals surface area contributed by atoms with Crippen molar-refractivity contribution >= 4 is 11.7 Å². The van der Waals surface area contributed by atoms with Gasteiger partial charge in [-0.1, -0.05) is 56.5 Å². The maximum atomic E-state index is 11.0. The molecule has 4 nitrogen and oxygen atoms in total. The Morgan fingerprint density at radius 2 is 1.90 bits per heavy atom. The number of nitrogens with two attached hydrogens (primary N) is 1. The molecular formula is C17H25N3O. The van der Waals surface area contributed by atoms with Crippen molar-refractivity contribution in [2.24, 2.45) is 16.3 Å². The third kappa shape index (κ3) is 4.59. The van der Waals surface area contributed by atoms with E-state index in [0.29, 0.717) is 0 Å². The molecule has 1 aliphatic rings. The predicted molar refractivity (Wildman–Crippen MR) is 86.1 cm³/mol. The molecule has 1 aromatic carbocycles. The van der Waals surface area contributed by atoms with Gasteiger partial charge in [0.25, 0.3) is 0 Å². The highest BCUT2D eigenvalue weighted by Gasteiger charge is 2.32. The summed E-state index contributed by atoms with van der Waals surface area (Å²) in [6, 6.07) is 9.79. The van der Waals surface area contributed by atoms with Crippen LogP contribution in [0.5, 0.6) is 0 Å². The lowest BCUT2D eigenvalue weighted by Crippen LogP contribution is -2.34. The van der Waals surface area contributed by atoms with Crippen molar-refractivity contribution in [1.29, 1.82) is 0 Å². The van der Waals surface area contributed by atoms with Crippen LogP contribution in [-0.2, 0) is 6.42 Å². The Hall–Kier alpha value is -1.84. The lowest BCUT2D eigenvalue weighted by atomic mass is 9.71. The van der Waals surface area contributed by atoms with Crippen LogP contribution >= 0.6 is 0 Å². The number of nitrogens with one attached hydrogen (secondary N) is 1. The standard InChI is InChI=1S/C17H25N3O/c1-17(12-6-3-7-13-17)15(19-20-16(18)21)11-10-14-8-4-2-5-9-14/h2,4-5,8-9H,3,6-7,10-13H2,1H3,(H3,18,20,21). The summed E-state index contributed by atoms with van der Waals surface area (Å²) >= 11 is 0. The molecule has 2 rings (SSSR count). The first kappa shape index (κ1) is 15.5. The average molecular weight is 287 g/mol. The highest BCUT2D eigenvalue weighted by molar-refractivity contribution is 5.91. The molecule has 114 valence electrons. The number of hydrazone groups is 1. The highest BCUT2D eigenvalue weighted by Crippen LogP contribution is 2.38. The molecular weight excluding hydrogens is 262 g/mol. The Kier molecular flexibility index (Phi) is 5.37. The summed E-state index contributed by atoms with van der Waals surface area (Å²) in [5.74, 6) is 0. The van der Waals surface area contributed by atoms with Crippen molar-refractivity contribution in [2.75, 3.05) is 0 Å². The first-order chi connectivity index (χ1) is 10.1. The predicted octanol–water partition coefficient (Wildman–Crippen LogP) is 3.61. The summed E-state index contributed by atoms with van der Waals surface area (Å²) in [5, 5.41) is 4.33. The van der Waals surface area contributed by atoms with Crippen molar-refractivity contribution in [3.05, 3.63) is 35.9 Å². The Labute approximate surface area is 126 Å². The summed E-state index contributed by atoms with van der Waals surface area (Å²) in [4.78, 5) is 11.0. The Morgan fingerprint density at radius 1 is 1.24 bits per heavy atom. The van der Waals surface area contributed by atoms with Gasteiger partial charge >= 0.3 is 6.03 Å². The molecule has 1 aliphatic carbocycles. The minimum atomic E-state index is -0.591. The van der Waals surface area contributed by atoms with Gasteiger partial charge in [0, 0.05) is 11.1 Å². The van der Waals surface area contributed by atoms with E-state index in [0.717, 1.165) is 31.4 Å². The molecule has 0 atom stereocenters. The van der Waals surface area contributed by atoms with Gasteiger partial charge in [0.15, 0.2) is 0 Å². The number of hydrogen-bond donors (Lipinski definition) is 2. The number of aryl methyl sites for hydroxylation is 1. The quantitative estimate of drug-likeness (QED) is 0.630. The molecule has 1 aromatic rings. The Balaban J connectivity index is 2.08. The van der Waals surface area contributed by atoms with Crippen LogP contribution in [0.25, 0.3) is 0 Å². The number of primary amides is 1. The molecule has 1 fully saturated rings. The van der Waals surface area contributed by atoms with E-state index in [2.05, 4.69) is 41.7 Å².